The van der Waals surface area contributed by atoms with E-state index >= 15 is 0 Å². The van der Waals surface area contributed by atoms with Gasteiger partial charge in [-0.2, -0.15) is 0 Å². The Hall–Kier alpha value is 0.799. The van der Waals surface area contributed by atoms with Gasteiger partial charge in [-0.25, -0.2) is 0 Å². The van der Waals surface area contributed by atoms with E-state index in [2.05, 4.69) is 0 Å². The predicted molar refractivity (Wildman–Crippen MR) is 64.9 cm³/mol. The van der Waals surface area contributed by atoms with Gasteiger partial charge >= 0.3 is 129 Å². The standard InChI is InChI=1S/3C4H9.Sn/c3*1-3-4-2;/h3*1,3-4H2,2H3;/q;;;+1/i3*1D2,2D3,3D2,4D2;. The van der Waals surface area contributed by atoms with Crippen LogP contribution < -0.4 is 0 Å². The molecule has 0 rings (SSSR count). The molecule has 0 heterocycles. The van der Waals surface area contributed by atoms with Gasteiger partial charge in [0, 0.05) is 0 Å². The van der Waals surface area contributed by atoms with E-state index in [9.17, 15) is 0 Å². The molecule has 0 unspecified atom stereocenters. The molecular formula is C12H27Sn+. The van der Waals surface area contributed by atoms with Crippen LogP contribution in [0, 0.1) is 0 Å². The molecule has 1 heteroatoms. The topological polar surface area (TPSA) is 0 Å². The molecule has 0 aliphatic carbocycles. The molecule has 0 bridgehead atoms. The normalized spacial score (nSPS) is 54.0. The molecule has 0 aromatic heterocycles. The second-order valence-corrected chi connectivity index (χ2v) is 5.78. The molecule has 0 N–H and O–H groups in total. The Morgan fingerprint density at radius 2 is 1.23 bits per heavy atom. The van der Waals surface area contributed by atoms with Crippen molar-refractivity contribution in [3.8, 4) is 0 Å². The summed E-state index contributed by atoms with van der Waals surface area (Å²) < 4.78 is 197. The zero-order chi connectivity index (χ0) is 33.6. The van der Waals surface area contributed by atoms with Gasteiger partial charge in [0.25, 0.3) is 0 Å². The average Bonchev–Trinajstić information content (AvgIpc) is 2.63. The van der Waals surface area contributed by atoms with Gasteiger partial charge < -0.3 is 0 Å². The zero-order valence-corrected chi connectivity index (χ0v) is 9.35. The molecule has 0 aromatic rings. The molecule has 0 aliphatic heterocycles. The SMILES string of the molecule is [2H]C([2H])([2H])C([2H])([2H])C([2H])([2H])[C]([2H])([2H])[Sn+]([C]([2H])([2H])C([2H])([2H])C([2H])([2H])C([2H])([2H])[2H])[C]([2H])([2H])C([2H])([2H])C([2H])([2H])C([2H])([2H])[2H]. The van der Waals surface area contributed by atoms with E-state index < -0.39 is 91.7 Å². The van der Waals surface area contributed by atoms with Crippen LogP contribution in [0.15, 0.2) is 0 Å². The third-order valence-electron chi connectivity index (χ3n) is 0.750. The van der Waals surface area contributed by atoms with E-state index in [1.807, 2.05) is 0 Å². The van der Waals surface area contributed by atoms with E-state index in [0.29, 0.717) is 0 Å². The molecule has 0 amide bonds. The molecule has 78 valence electrons. The fourth-order valence-corrected chi connectivity index (χ4v) is 2.52. The molecule has 0 saturated heterocycles. The van der Waals surface area contributed by atoms with E-state index in [-0.39, 0.29) is 0 Å². The molecule has 0 aliphatic rings. The van der Waals surface area contributed by atoms with E-state index in [4.69, 9.17) is 37.0 Å². The first kappa shape index (κ1) is 1.43. The Labute approximate surface area is 130 Å². The van der Waals surface area contributed by atoms with E-state index in [1.54, 1.807) is 0 Å². The van der Waals surface area contributed by atoms with Crippen molar-refractivity contribution < 1.29 is 37.0 Å². The summed E-state index contributed by atoms with van der Waals surface area (Å²) in [5, 5.41) is 0. The minimum atomic E-state index is -7.25. The average molecular weight is 317 g/mol. The van der Waals surface area contributed by atoms with Gasteiger partial charge in [-0.3, -0.25) is 0 Å². The summed E-state index contributed by atoms with van der Waals surface area (Å²) in [5.41, 5.74) is 0. The monoisotopic (exact) mass is 318 g/mol. The van der Waals surface area contributed by atoms with Crippen molar-refractivity contribution >= 4 is 19.8 Å². The van der Waals surface area contributed by atoms with Crippen LogP contribution in [0.5, 0.6) is 0 Å². The first-order chi connectivity index (χ1) is 16.6. The molecule has 13 heavy (non-hydrogen) atoms. The predicted octanol–water partition coefficient (Wildman–Crippen LogP) is 4.88. The van der Waals surface area contributed by atoms with Crippen molar-refractivity contribution in [1.82, 2.24) is 0 Å². The van der Waals surface area contributed by atoms with Crippen LogP contribution in [-0.2, 0) is 0 Å². The van der Waals surface area contributed by atoms with Gasteiger partial charge in [0.1, 0.15) is 0 Å². The minimum absolute atomic E-state index is 4.09. The van der Waals surface area contributed by atoms with Crippen molar-refractivity contribution in [3.05, 3.63) is 0 Å². The van der Waals surface area contributed by atoms with Crippen molar-refractivity contribution in [2.24, 2.45) is 0 Å². The fourth-order valence-electron chi connectivity index (χ4n) is 0.375. The molecule has 0 atom stereocenters. The van der Waals surface area contributed by atoms with Gasteiger partial charge in [-0.15, -0.1) is 0 Å². The quantitative estimate of drug-likeness (QED) is 0.532. The van der Waals surface area contributed by atoms with Crippen molar-refractivity contribution in [1.29, 1.82) is 0 Å². The van der Waals surface area contributed by atoms with Crippen LogP contribution in [-0.4, -0.2) is 19.8 Å². The molecule has 0 aromatic carbocycles. The second-order valence-electron chi connectivity index (χ2n) is 1.50. The van der Waals surface area contributed by atoms with Crippen LogP contribution in [0.2, 0.25) is 13.2 Å². The Morgan fingerprint density at radius 1 is 0.846 bits per heavy atom. The maximum atomic E-state index is 8.36. The van der Waals surface area contributed by atoms with Gasteiger partial charge in [0.2, 0.25) is 0 Å². The Morgan fingerprint density at radius 3 is 1.54 bits per heavy atom. The molecular weight excluding hydrogens is 263 g/mol. The van der Waals surface area contributed by atoms with Crippen LogP contribution in [0.3, 0.4) is 0 Å². The summed E-state index contributed by atoms with van der Waals surface area (Å²) in [6.07, 6.45) is -26.9. The fraction of sp³-hybridized carbons (Fsp3) is 1.00. The van der Waals surface area contributed by atoms with Crippen molar-refractivity contribution in [2.75, 3.05) is 0 Å². The number of rotatable bonds is 9. The van der Waals surface area contributed by atoms with Crippen LogP contribution in [0.1, 0.15) is 95.8 Å². The van der Waals surface area contributed by atoms with E-state index in [0.717, 1.165) is 0 Å². The van der Waals surface area contributed by atoms with Crippen LogP contribution >= 0.6 is 0 Å². The summed E-state index contributed by atoms with van der Waals surface area (Å²) in [4.78, 5) is 0. The van der Waals surface area contributed by atoms with Gasteiger partial charge in [0.15, 0.2) is 0 Å². The van der Waals surface area contributed by atoms with Crippen molar-refractivity contribution in [2.45, 2.75) is 72.0 Å². The molecule has 0 spiro atoms. The van der Waals surface area contributed by atoms with Gasteiger partial charge in [0.05, 0.1) is 0 Å². The molecule has 0 saturated carbocycles. The zero-order valence-electron chi connectivity index (χ0n) is 33.5. The Kier molecular flexibility index (Phi) is 1.19. The summed E-state index contributed by atoms with van der Waals surface area (Å²) in [6, 6.07) is 0. The maximum absolute atomic E-state index is 8.36. The van der Waals surface area contributed by atoms with Crippen LogP contribution in [0.25, 0.3) is 0 Å². The van der Waals surface area contributed by atoms with Crippen molar-refractivity contribution in [3.63, 3.8) is 0 Å². The second kappa shape index (κ2) is 10.9. The third kappa shape index (κ3) is 9.11. The van der Waals surface area contributed by atoms with E-state index in [1.165, 1.54) is 0 Å². The molecule has 0 nitrogen and oxygen atoms in total. The summed E-state index contributed by atoms with van der Waals surface area (Å²) in [6.45, 7) is -12.3. The Bertz CT molecular complexity index is 792. The molecule has 0 radical (unpaired) electrons. The third-order valence-corrected chi connectivity index (χ3v) is 3.96. The number of hydrogen-bond donors (Lipinski definition) is 0. The summed E-state index contributed by atoms with van der Waals surface area (Å²) in [7, 11) is 0. The van der Waals surface area contributed by atoms with Gasteiger partial charge in [-0.1, -0.05) is 0 Å². The first-order valence-electron chi connectivity index (χ1n) is 16.5. The molecule has 0 fully saturated rings. The van der Waals surface area contributed by atoms with Crippen LogP contribution in [0.4, 0.5) is 0 Å². The summed E-state index contributed by atoms with van der Waals surface area (Å²) >= 11 is -7.25. The number of hydrogen-bond acceptors (Lipinski definition) is 0. The Balaban J connectivity index is 8.21. The first-order valence-corrected chi connectivity index (χ1v) is 7.28. The van der Waals surface area contributed by atoms with Gasteiger partial charge in [-0.05, 0) is 0 Å². The summed E-state index contributed by atoms with van der Waals surface area (Å²) in [5.74, 6) is 0.